The number of hydrogen-bond acceptors (Lipinski definition) is 0. The van der Waals surface area contributed by atoms with Gasteiger partial charge in [-0.05, 0) is 150 Å². The molecular formula is C64H50Si. The number of fused-ring (bicyclic) bond motifs is 11. The molecule has 310 valence electrons. The van der Waals surface area contributed by atoms with E-state index in [1.807, 2.05) is 0 Å². The lowest BCUT2D eigenvalue weighted by atomic mass is 9.79. The maximum absolute atomic E-state index is 2.65. The van der Waals surface area contributed by atoms with Crippen LogP contribution in [0.1, 0.15) is 49.9 Å². The van der Waals surface area contributed by atoms with E-state index >= 15 is 0 Å². The second kappa shape index (κ2) is 13.5. The molecule has 0 N–H and O–H groups in total. The van der Waals surface area contributed by atoms with E-state index in [-0.39, 0.29) is 10.8 Å². The van der Waals surface area contributed by atoms with Crippen LogP contribution in [0.5, 0.6) is 0 Å². The molecular weight excluding hydrogens is 797 g/mol. The zero-order chi connectivity index (χ0) is 44.0. The standard InChI is InChI=1S/C64H50Si/c1-63(2)55-26-16-14-22-45(55)47-31-29-41(34-57(47)63)61-50-24-12-13-25-51(50)62(42-30-32-48-46-23-15-17-27-56(46)64(3,4)58(48)35-42)54-38-60-52(37-53(54)61)49-33-28-40(36-59(49)65(60,5)6)44-21-11-10-20-43(44)39-18-8-7-9-19-39/h7-38H,1-6H3. The molecule has 0 amide bonds. The average Bonchev–Trinajstić information content (AvgIpc) is 3.81. The molecule has 0 saturated heterocycles. The van der Waals surface area contributed by atoms with Gasteiger partial charge in [-0.15, -0.1) is 0 Å². The van der Waals surface area contributed by atoms with Crippen molar-refractivity contribution < 1.29 is 0 Å². The molecule has 0 unspecified atom stereocenters. The summed E-state index contributed by atoms with van der Waals surface area (Å²) in [5, 5.41) is 8.32. The Bertz CT molecular complexity index is 3670. The lowest BCUT2D eigenvalue weighted by Gasteiger charge is -2.25. The third-order valence-electron chi connectivity index (χ3n) is 15.9. The predicted molar refractivity (Wildman–Crippen MR) is 281 cm³/mol. The lowest BCUT2D eigenvalue weighted by Crippen LogP contribution is -2.49. The highest BCUT2D eigenvalue weighted by molar-refractivity contribution is 7.04. The minimum absolute atomic E-state index is 0.100. The summed E-state index contributed by atoms with van der Waals surface area (Å²) in [6.45, 7) is 14.8. The summed E-state index contributed by atoms with van der Waals surface area (Å²) in [6, 6.07) is 74.3. The van der Waals surface area contributed by atoms with Gasteiger partial charge >= 0.3 is 0 Å². The first kappa shape index (κ1) is 38.4. The summed E-state index contributed by atoms with van der Waals surface area (Å²) in [5.74, 6) is 0. The molecule has 1 heterocycles. The molecule has 1 aliphatic heterocycles. The predicted octanol–water partition coefficient (Wildman–Crippen LogP) is 16.1. The molecule has 2 aliphatic carbocycles. The molecule has 1 heteroatoms. The minimum Gasteiger partial charge on any atom is -0.0622 e. The summed E-state index contributed by atoms with van der Waals surface area (Å²) < 4.78 is 0. The van der Waals surface area contributed by atoms with E-state index in [9.17, 15) is 0 Å². The van der Waals surface area contributed by atoms with Crippen LogP contribution >= 0.6 is 0 Å². The van der Waals surface area contributed by atoms with Crippen molar-refractivity contribution in [3.8, 4) is 77.9 Å². The summed E-state index contributed by atoms with van der Waals surface area (Å²) in [4.78, 5) is 0. The van der Waals surface area contributed by atoms with Crippen LogP contribution in [0.3, 0.4) is 0 Å². The zero-order valence-electron chi connectivity index (χ0n) is 38.0. The minimum atomic E-state index is -2.20. The number of rotatable bonds is 4. The van der Waals surface area contributed by atoms with Gasteiger partial charge in [0, 0.05) is 10.8 Å². The SMILES string of the molecule is CC1(C)c2ccccc2-c2ccc(-c3c4ccccc4c(-c4ccc5c(c4)C(C)(C)c4ccccc4-5)c4cc5c(cc34)-c3ccc(-c4ccccc4-c4ccccc4)cc3[Si]5(C)C)cc21. The maximum Gasteiger partial charge on any atom is 0.113 e. The molecule has 0 saturated carbocycles. The summed E-state index contributed by atoms with van der Waals surface area (Å²) >= 11 is 0. The van der Waals surface area contributed by atoms with Crippen molar-refractivity contribution in [1.29, 1.82) is 0 Å². The highest BCUT2D eigenvalue weighted by atomic mass is 28.3. The van der Waals surface area contributed by atoms with Crippen molar-refractivity contribution in [2.75, 3.05) is 0 Å². The van der Waals surface area contributed by atoms with Crippen LogP contribution < -0.4 is 10.4 Å². The van der Waals surface area contributed by atoms with Gasteiger partial charge in [-0.25, -0.2) is 0 Å². The van der Waals surface area contributed by atoms with Gasteiger partial charge in [-0.3, -0.25) is 0 Å². The molecule has 10 aromatic rings. The molecule has 0 atom stereocenters. The first-order valence-electron chi connectivity index (χ1n) is 23.3. The molecule has 0 spiro atoms. The first-order valence-corrected chi connectivity index (χ1v) is 26.3. The molecule has 65 heavy (non-hydrogen) atoms. The molecule has 13 rings (SSSR count). The number of benzene rings is 10. The van der Waals surface area contributed by atoms with Gasteiger partial charge in [0.05, 0.1) is 0 Å². The van der Waals surface area contributed by atoms with Gasteiger partial charge in [-0.2, -0.15) is 0 Å². The van der Waals surface area contributed by atoms with Crippen molar-refractivity contribution >= 4 is 40.0 Å². The largest absolute Gasteiger partial charge is 0.113 e. The fraction of sp³-hybridized carbons (Fsp3) is 0.125. The molecule has 3 aliphatic rings. The Morgan fingerprint density at radius 2 is 0.692 bits per heavy atom. The smallest absolute Gasteiger partial charge is 0.0622 e. The van der Waals surface area contributed by atoms with Crippen molar-refractivity contribution in [2.45, 2.75) is 51.6 Å². The Morgan fingerprint density at radius 3 is 1.26 bits per heavy atom. The van der Waals surface area contributed by atoms with Crippen LogP contribution in [0.15, 0.2) is 194 Å². The van der Waals surface area contributed by atoms with Crippen LogP contribution in [-0.4, -0.2) is 8.07 Å². The normalized spacial score (nSPS) is 15.3. The van der Waals surface area contributed by atoms with Crippen LogP contribution in [0.2, 0.25) is 13.1 Å². The van der Waals surface area contributed by atoms with E-state index in [0.29, 0.717) is 0 Å². The Kier molecular flexibility index (Phi) is 7.97. The van der Waals surface area contributed by atoms with Gasteiger partial charge in [0.25, 0.3) is 0 Å². The van der Waals surface area contributed by atoms with Gasteiger partial charge < -0.3 is 0 Å². The Hall–Kier alpha value is -7.06. The van der Waals surface area contributed by atoms with Crippen molar-refractivity contribution in [3.63, 3.8) is 0 Å². The quantitative estimate of drug-likeness (QED) is 0.122. The number of hydrogen-bond donors (Lipinski definition) is 0. The monoisotopic (exact) mass is 846 g/mol. The van der Waals surface area contributed by atoms with Crippen molar-refractivity contribution in [3.05, 3.63) is 216 Å². The van der Waals surface area contributed by atoms with E-state index < -0.39 is 8.07 Å². The second-order valence-corrected chi connectivity index (χ2v) is 24.7. The van der Waals surface area contributed by atoms with E-state index in [1.165, 1.54) is 132 Å². The van der Waals surface area contributed by atoms with E-state index in [2.05, 4.69) is 235 Å². The zero-order valence-corrected chi connectivity index (χ0v) is 39.0. The molecule has 0 bridgehead atoms. The molecule has 10 aromatic carbocycles. The van der Waals surface area contributed by atoms with Gasteiger partial charge in [0.2, 0.25) is 0 Å². The fourth-order valence-corrected chi connectivity index (χ4v) is 15.6. The summed E-state index contributed by atoms with van der Waals surface area (Å²) in [7, 11) is -2.20. The van der Waals surface area contributed by atoms with Crippen molar-refractivity contribution in [2.24, 2.45) is 0 Å². The molecule has 0 radical (unpaired) electrons. The summed E-state index contributed by atoms with van der Waals surface area (Å²) in [6.07, 6.45) is 0. The highest BCUT2D eigenvalue weighted by Gasteiger charge is 2.40. The molecule has 0 fully saturated rings. The van der Waals surface area contributed by atoms with E-state index in [0.717, 1.165) is 0 Å². The third-order valence-corrected chi connectivity index (χ3v) is 19.4. The fourth-order valence-electron chi connectivity index (χ4n) is 12.5. The van der Waals surface area contributed by atoms with Gasteiger partial charge in [-0.1, -0.05) is 217 Å². The lowest BCUT2D eigenvalue weighted by molar-refractivity contribution is 0.660. The highest BCUT2D eigenvalue weighted by Crippen LogP contribution is 2.54. The van der Waals surface area contributed by atoms with Crippen molar-refractivity contribution in [1.82, 2.24) is 0 Å². The maximum atomic E-state index is 2.65. The topological polar surface area (TPSA) is 0 Å². The third kappa shape index (κ3) is 5.31. The van der Waals surface area contributed by atoms with Crippen LogP contribution in [-0.2, 0) is 10.8 Å². The van der Waals surface area contributed by atoms with Crippen LogP contribution in [0.4, 0.5) is 0 Å². The van der Waals surface area contributed by atoms with Gasteiger partial charge in [0.1, 0.15) is 8.07 Å². The van der Waals surface area contributed by atoms with Crippen LogP contribution in [0.25, 0.3) is 99.4 Å². The van der Waals surface area contributed by atoms with E-state index in [4.69, 9.17) is 0 Å². The van der Waals surface area contributed by atoms with Gasteiger partial charge in [0.15, 0.2) is 0 Å². The Labute approximate surface area is 383 Å². The Balaban J connectivity index is 1.08. The molecule has 0 nitrogen and oxygen atoms in total. The Morgan fingerprint density at radius 1 is 0.277 bits per heavy atom. The summed E-state index contributed by atoms with van der Waals surface area (Å²) in [5.41, 5.74) is 24.0. The first-order chi connectivity index (χ1) is 31.5. The van der Waals surface area contributed by atoms with E-state index in [1.54, 1.807) is 0 Å². The second-order valence-electron chi connectivity index (χ2n) is 20.4. The average molecular weight is 847 g/mol. The van der Waals surface area contributed by atoms with Crippen LogP contribution in [0, 0.1) is 0 Å². The molecule has 0 aromatic heterocycles.